The molecular formula is C16H17BrN4O4. The first kappa shape index (κ1) is 17.6. The fraction of sp³-hybridized carbons (Fsp3) is 0.375. The van der Waals surface area contributed by atoms with Gasteiger partial charge in [0, 0.05) is 30.0 Å². The third kappa shape index (κ3) is 3.72. The van der Waals surface area contributed by atoms with Crippen LogP contribution in [0.3, 0.4) is 0 Å². The summed E-state index contributed by atoms with van der Waals surface area (Å²) in [6.07, 6.45) is 0. The number of ether oxygens (including phenoxy) is 1. The van der Waals surface area contributed by atoms with Crippen molar-refractivity contribution in [1.29, 1.82) is 0 Å². The van der Waals surface area contributed by atoms with Gasteiger partial charge in [0.15, 0.2) is 5.78 Å². The molecule has 9 heteroatoms. The fourth-order valence-electron chi connectivity index (χ4n) is 2.81. The number of carbonyl (C=O) groups is 1. The standard InChI is InChI=1S/C16H17BrN4O4/c1-11-18-15(21(23)24)16(19-6-8-25-9-7-19)20(11)10-14(22)12-2-4-13(17)5-3-12/h2-5H,6-10H2,1H3. The Hall–Kier alpha value is -2.26. The lowest BCUT2D eigenvalue weighted by molar-refractivity contribution is -0.388. The van der Waals surface area contributed by atoms with Crippen LogP contribution < -0.4 is 4.90 Å². The van der Waals surface area contributed by atoms with Crippen molar-refractivity contribution in [2.75, 3.05) is 31.2 Å². The second-order valence-electron chi connectivity index (χ2n) is 5.68. The lowest BCUT2D eigenvalue weighted by Gasteiger charge is -2.28. The van der Waals surface area contributed by atoms with Crippen LogP contribution in [0.25, 0.3) is 0 Å². The van der Waals surface area contributed by atoms with Gasteiger partial charge in [-0.15, -0.1) is 0 Å². The molecule has 0 atom stereocenters. The molecule has 25 heavy (non-hydrogen) atoms. The fourth-order valence-corrected chi connectivity index (χ4v) is 3.07. The zero-order chi connectivity index (χ0) is 18.0. The minimum Gasteiger partial charge on any atom is -0.378 e. The number of aryl methyl sites for hydroxylation is 1. The van der Waals surface area contributed by atoms with Gasteiger partial charge in [-0.25, -0.2) is 0 Å². The molecule has 0 N–H and O–H groups in total. The number of hydrogen-bond acceptors (Lipinski definition) is 6. The van der Waals surface area contributed by atoms with Crippen LogP contribution in [0.4, 0.5) is 11.6 Å². The van der Waals surface area contributed by atoms with Gasteiger partial charge in [0.25, 0.3) is 0 Å². The van der Waals surface area contributed by atoms with E-state index in [-0.39, 0.29) is 18.1 Å². The van der Waals surface area contributed by atoms with E-state index in [0.29, 0.717) is 43.5 Å². The highest BCUT2D eigenvalue weighted by Crippen LogP contribution is 2.30. The first-order chi connectivity index (χ1) is 12.0. The van der Waals surface area contributed by atoms with E-state index in [2.05, 4.69) is 20.9 Å². The molecule has 0 unspecified atom stereocenters. The molecule has 1 saturated heterocycles. The maximum Gasteiger partial charge on any atom is 0.406 e. The van der Waals surface area contributed by atoms with E-state index in [9.17, 15) is 14.9 Å². The summed E-state index contributed by atoms with van der Waals surface area (Å²) in [4.78, 5) is 29.4. The van der Waals surface area contributed by atoms with Gasteiger partial charge in [0.1, 0.15) is 0 Å². The minimum atomic E-state index is -0.502. The van der Waals surface area contributed by atoms with Crippen molar-refractivity contribution < 1.29 is 14.5 Å². The molecule has 3 rings (SSSR count). The smallest absolute Gasteiger partial charge is 0.378 e. The zero-order valence-electron chi connectivity index (χ0n) is 13.6. The lowest BCUT2D eigenvalue weighted by atomic mass is 10.1. The molecule has 0 amide bonds. The van der Waals surface area contributed by atoms with Gasteiger partial charge >= 0.3 is 5.82 Å². The summed E-state index contributed by atoms with van der Waals surface area (Å²) >= 11 is 3.34. The first-order valence-electron chi connectivity index (χ1n) is 7.80. The van der Waals surface area contributed by atoms with Gasteiger partial charge in [-0.3, -0.25) is 9.36 Å². The molecule has 0 spiro atoms. The van der Waals surface area contributed by atoms with E-state index in [4.69, 9.17) is 4.74 Å². The number of rotatable bonds is 5. The van der Waals surface area contributed by atoms with Crippen molar-refractivity contribution in [2.45, 2.75) is 13.5 Å². The Kier molecular flexibility index (Phi) is 5.14. The van der Waals surface area contributed by atoms with Gasteiger partial charge in [-0.05, 0) is 22.0 Å². The monoisotopic (exact) mass is 408 g/mol. The highest BCUT2D eigenvalue weighted by Gasteiger charge is 2.31. The summed E-state index contributed by atoms with van der Waals surface area (Å²) in [6, 6.07) is 7.03. The average Bonchev–Trinajstić information content (AvgIpc) is 2.93. The summed E-state index contributed by atoms with van der Waals surface area (Å²) in [5, 5.41) is 11.4. The summed E-state index contributed by atoms with van der Waals surface area (Å²) in [6.45, 7) is 3.70. The molecule has 1 aromatic heterocycles. The van der Waals surface area contributed by atoms with Gasteiger partial charge < -0.3 is 19.8 Å². The Balaban J connectivity index is 1.95. The van der Waals surface area contributed by atoms with Crippen LogP contribution in [0.1, 0.15) is 16.2 Å². The number of halogens is 1. The Morgan fingerprint density at radius 2 is 1.96 bits per heavy atom. The van der Waals surface area contributed by atoms with Crippen molar-refractivity contribution in [2.24, 2.45) is 0 Å². The van der Waals surface area contributed by atoms with Gasteiger partial charge in [-0.1, -0.05) is 28.1 Å². The van der Waals surface area contributed by atoms with E-state index in [1.165, 1.54) is 0 Å². The van der Waals surface area contributed by atoms with Crippen LogP contribution in [0.2, 0.25) is 0 Å². The number of aromatic nitrogens is 2. The van der Waals surface area contributed by atoms with Crippen LogP contribution in [-0.4, -0.2) is 46.6 Å². The normalized spacial score (nSPS) is 14.6. The van der Waals surface area contributed by atoms with Crippen molar-refractivity contribution in [3.8, 4) is 0 Å². The van der Waals surface area contributed by atoms with E-state index >= 15 is 0 Å². The maximum atomic E-state index is 12.6. The molecule has 1 aromatic carbocycles. The molecular weight excluding hydrogens is 392 g/mol. The van der Waals surface area contributed by atoms with E-state index < -0.39 is 4.92 Å². The zero-order valence-corrected chi connectivity index (χ0v) is 15.2. The summed E-state index contributed by atoms with van der Waals surface area (Å²) in [5.41, 5.74) is 0.548. The molecule has 8 nitrogen and oxygen atoms in total. The van der Waals surface area contributed by atoms with Crippen LogP contribution >= 0.6 is 15.9 Å². The highest BCUT2D eigenvalue weighted by molar-refractivity contribution is 9.10. The number of hydrogen-bond donors (Lipinski definition) is 0. The third-order valence-electron chi connectivity index (χ3n) is 4.07. The Bertz CT molecular complexity index is 797. The van der Waals surface area contributed by atoms with Crippen LogP contribution in [0.15, 0.2) is 28.7 Å². The number of ketones is 1. The first-order valence-corrected chi connectivity index (χ1v) is 8.59. The number of benzene rings is 1. The topological polar surface area (TPSA) is 90.5 Å². The van der Waals surface area contributed by atoms with Gasteiger partial charge in [0.05, 0.1) is 19.8 Å². The predicted octanol–water partition coefficient (Wildman–Crippen LogP) is 2.58. The molecule has 1 aliphatic heterocycles. The average molecular weight is 409 g/mol. The number of morpholine rings is 1. The second kappa shape index (κ2) is 7.32. The number of imidazole rings is 1. The number of Topliss-reactive ketones (excluding diaryl/α,β-unsaturated/α-hetero) is 1. The van der Waals surface area contributed by atoms with Crippen molar-refractivity contribution >= 4 is 33.3 Å². The van der Waals surface area contributed by atoms with Crippen molar-refractivity contribution in [3.05, 3.63) is 50.2 Å². The van der Waals surface area contributed by atoms with E-state index in [1.807, 2.05) is 4.90 Å². The van der Waals surface area contributed by atoms with Crippen LogP contribution in [0, 0.1) is 17.0 Å². The SMILES string of the molecule is Cc1nc([N+](=O)[O-])c(N2CCOCC2)n1CC(=O)c1ccc(Br)cc1. The molecule has 0 bridgehead atoms. The quantitative estimate of drug-likeness (QED) is 0.428. The van der Waals surface area contributed by atoms with Gasteiger partial charge in [0.2, 0.25) is 11.6 Å². The van der Waals surface area contributed by atoms with Crippen molar-refractivity contribution in [1.82, 2.24) is 9.55 Å². The van der Waals surface area contributed by atoms with Crippen molar-refractivity contribution in [3.63, 3.8) is 0 Å². The van der Waals surface area contributed by atoms with Crippen LogP contribution in [-0.2, 0) is 11.3 Å². The Morgan fingerprint density at radius 1 is 1.32 bits per heavy atom. The highest BCUT2D eigenvalue weighted by atomic mass is 79.9. The summed E-state index contributed by atoms with van der Waals surface area (Å²) < 4.78 is 7.82. The number of nitro groups is 1. The van der Waals surface area contributed by atoms with E-state index in [1.54, 1.807) is 35.8 Å². The number of nitrogens with zero attached hydrogens (tertiary/aromatic N) is 4. The number of carbonyl (C=O) groups excluding carboxylic acids is 1. The molecule has 132 valence electrons. The second-order valence-corrected chi connectivity index (χ2v) is 6.59. The summed E-state index contributed by atoms with van der Waals surface area (Å²) in [5.74, 6) is 0.468. The van der Waals surface area contributed by atoms with E-state index in [0.717, 1.165) is 4.47 Å². The third-order valence-corrected chi connectivity index (χ3v) is 4.59. The Labute approximate surface area is 152 Å². The van der Waals surface area contributed by atoms with Crippen LogP contribution in [0.5, 0.6) is 0 Å². The van der Waals surface area contributed by atoms with Gasteiger partial charge in [-0.2, -0.15) is 0 Å². The largest absolute Gasteiger partial charge is 0.406 e. The predicted molar refractivity (Wildman–Crippen MR) is 95.1 cm³/mol. The molecule has 1 aliphatic rings. The summed E-state index contributed by atoms with van der Waals surface area (Å²) in [7, 11) is 0. The molecule has 1 fully saturated rings. The molecule has 0 saturated carbocycles. The molecule has 2 aromatic rings. The minimum absolute atomic E-state index is 0.000988. The molecule has 2 heterocycles. The number of anilines is 1. The molecule has 0 aliphatic carbocycles. The lowest BCUT2D eigenvalue weighted by Crippen LogP contribution is -2.38. The molecule has 0 radical (unpaired) electrons. The Morgan fingerprint density at radius 3 is 2.56 bits per heavy atom. The maximum absolute atomic E-state index is 12.6.